The van der Waals surface area contributed by atoms with Crippen LogP contribution in [0.2, 0.25) is 0 Å². The van der Waals surface area contributed by atoms with Crippen molar-refractivity contribution in [3.63, 3.8) is 0 Å². The normalized spacial score (nSPS) is 16.3. The lowest BCUT2D eigenvalue weighted by Gasteiger charge is -2.31. The lowest BCUT2D eigenvalue weighted by molar-refractivity contribution is -0.137. The molecule has 0 radical (unpaired) electrons. The molecule has 2 saturated heterocycles. The Hall–Kier alpha value is -4.18. The molecular formula is C33H36F3N5O4. The molecule has 4 heterocycles. The summed E-state index contributed by atoms with van der Waals surface area (Å²) in [5, 5.41) is 2.67. The van der Waals surface area contributed by atoms with Gasteiger partial charge in [-0.1, -0.05) is 12.0 Å². The molecule has 0 saturated carbocycles. The van der Waals surface area contributed by atoms with Gasteiger partial charge < -0.3 is 24.4 Å². The van der Waals surface area contributed by atoms with E-state index in [0.29, 0.717) is 68.9 Å². The van der Waals surface area contributed by atoms with Crippen LogP contribution in [-0.2, 0) is 15.7 Å². The predicted octanol–water partition coefficient (Wildman–Crippen LogP) is 5.05. The summed E-state index contributed by atoms with van der Waals surface area (Å²) < 4.78 is 57.2. The van der Waals surface area contributed by atoms with Gasteiger partial charge in [0.2, 0.25) is 5.88 Å². The number of halogens is 3. The van der Waals surface area contributed by atoms with E-state index < -0.39 is 17.6 Å². The summed E-state index contributed by atoms with van der Waals surface area (Å²) in [5.74, 6) is 2.50. The van der Waals surface area contributed by atoms with Gasteiger partial charge in [-0.25, -0.2) is 4.98 Å². The summed E-state index contributed by atoms with van der Waals surface area (Å²) in [6.45, 7) is 7.59. The first-order chi connectivity index (χ1) is 21.7. The fourth-order valence-corrected chi connectivity index (χ4v) is 5.38. The number of rotatable bonds is 10. The van der Waals surface area contributed by atoms with Gasteiger partial charge in [0.15, 0.2) is 0 Å². The zero-order valence-electron chi connectivity index (χ0n) is 25.1. The molecule has 2 fully saturated rings. The molecule has 5 rings (SSSR count). The van der Waals surface area contributed by atoms with Crippen LogP contribution in [0.25, 0.3) is 11.1 Å². The smallest absolute Gasteiger partial charge is 0.416 e. The number of hydrogen-bond donors (Lipinski definition) is 1. The third kappa shape index (κ3) is 8.51. The summed E-state index contributed by atoms with van der Waals surface area (Å²) in [7, 11) is 0. The number of carbonyl (C=O) groups excluding carboxylic acids is 1. The highest BCUT2D eigenvalue weighted by atomic mass is 19.4. The predicted molar refractivity (Wildman–Crippen MR) is 164 cm³/mol. The minimum Gasteiger partial charge on any atom is -0.474 e. The third-order valence-corrected chi connectivity index (χ3v) is 7.82. The fraction of sp³-hybridized carbons (Fsp3) is 0.424. The van der Waals surface area contributed by atoms with Crippen molar-refractivity contribution in [1.29, 1.82) is 0 Å². The highest BCUT2D eigenvalue weighted by Crippen LogP contribution is 2.34. The molecule has 1 aromatic carbocycles. The van der Waals surface area contributed by atoms with Crippen LogP contribution >= 0.6 is 0 Å². The lowest BCUT2D eigenvalue weighted by atomic mass is 10.0. The minimum absolute atomic E-state index is 0.108. The molecule has 0 spiro atoms. The zero-order chi connectivity index (χ0) is 31.8. The quantitative estimate of drug-likeness (QED) is 0.248. The molecular weight excluding hydrogens is 587 g/mol. The van der Waals surface area contributed by atoms with Crippen molar-refractivity contribution in [1.82, 2.24) is 14.9 Å². The minimum atomic E-state index is -4.55. The van der Waals surface area contributed by atoms with Crippen molar-refractivity contribution in [2.75, 3.05) is 69.4 Å². The van der Waals surface area contributed by atoms with E-state index in [1.165, 1.54) is 18.3 Å². The van der Waals surface area contributed by atoms with E-state index in [1.807, 2.05) is 13.0 Å². The second-order valence-corrected chi connectivity index (χ2v) is 10.9. The number of aromatic nitrogens is 2. The fourth-order valence-electron chi connectivity index (χ4n) is 5.38. The Morgan fingerprint density at radius 1 is 1.09 bits per heavy atom. The maximum atomic E-state index is 13.2. The number of pyridine rings is 2. The molecule has 0 aliphatic carbocycles. The Bertz CT molecular complexity index is 1510. The second kappa shape index (κ2) is 14.7. The highest BCUT2D eigenvalue weighted by Gasteiger charge is 2.31. The van der Waals surface area contributed by atoms with Gasteiger partial charge in [0.05, 0.1) is 49.9 Å². The number of benzene rings is 1. The number of terminal acetylenes is 1. The number of aryl methyl sites for hydroxylation is 1. The van der Waals surface area contributed by atoms with Gasteiger partial charge in [0.1, 0.15) is 12.3 Å². The number of alkyl halides is 3. The molecule has 1 amide bonds. The van der Waals surface area contributed by atoms with E-state index in [1.54, 1.807) is 12.3 Å². The Morgan fingerprint density at radius 2 is 1.87 bits per heavy atom. The third-order valence-electron chi connectivity index (χ3n) is 7.82. The summed E-state index contributed by atoms with van der Waals surface area (Å²) >= 11 is 0. The Morgan fingerprint density at radius 3 is 2.60 bits per heavy atom. The number of piperidine rings is 1. The molecule has 45 heavy (non-hydrogen) atoms. The van der Waals surface area contributed by atoms with Gasteiger partial charge in [-0.3, -0.25) is 14.7 Å². The van der Waals surface area contributed by atoms with Gasteiger partial charge in [-0.2, -0.15) is 13.2 Å². The van der Waals surface area contributed by atoms with Crippen LogP contribution in [0, 0.1) is 19.3 Å². The van der Waals surface area contributed by atoms with E-state index in [2.05, 4.69) is 31.0 Å². The molecule has 238 valence electrons. The molecule has 9 nitrogen and oxygen atoms in total. The number of ether oxygens (including phenoxy) is 3. The summed E-state index contributed by atoms with van der Waals surface area (Å²) in [6.07, 6.45) is 6.06. The van der Waals surface area contributed by atoms with Crippen LogP contribution in [0.1, 0.15) is 34.5 Å². The number of carbonyl (C=O) groups is 1. The van der Waals surface area contributed by atoms with Crippen molar-refractivity contribution in [3.8, 4) is 29.4 Å². The van der Waals surface area contributed by atoms with Gasteiger partial charge in [-0.15, -0.1) is 6.42 Å². The van der Waals surface area contributed by atoms with Crippen molar-refractivity contribution in [2.45, 2.75) is 32.0 Å². The molecule has 2 aliphatic heterocycles. The first kappa shape index (κ1) is 32.2. The maximum Gasteiger partial charge on any atom is 0.416 e. The van der Waals surface area contributed by atoms with Gasteiger partial charge in [-0.05, 0) is 50.1 Å². The van der Waals surface area contributed by atoms with Crippen LogP contribution in [0.4, 0.5) is 24.5 Å². The second-order valence-electron chi connectivity index (χ2n) is 10.9. The number of hydrogen-bond acceptors (Lipinski definition) is 8. The standard InChI is InChI=1S/C33H36F3N5O4/c1-3-9-40-10-7-28(8-11-40)44-16-17-45-32-30(41-12-14-43-15-13-41)19-25(21-38-32)29-20-27(22-37-23(29)2)39-31(42)24-5-4-6-26(18-24)33(34,35)36/h1,4-6,18-22,28H,7-17H2,2H3,(H,39,42). The Labute approximate surface area is 260 Å². The number of amides is 1. The first-order valence-electron chi connectivity index (χ1n) is 14.9. The van der Waals surface area contributed by atoms with Crippen molar-refractivity contribution >= 4 is 17.3 Å². The molecule has 2 aromatic heterocycles. The first-order valence-corrected chi connectivity index (χ1v) is 14.9. The number of anilines is 2. The van der Waals surface area contributed by atoms with E-state index in [-0.39, 0.29) is 11.7 Å². The number of likely N-dealkylation sites (tertiary alicyclic amines) is 1. The van der Waals surface area contributed by atoms with E-state index in [0.717, 1.165) is 49.3 Å². The van der Waals surface area contributed by atoms with Crippen LogP contribution in [0.3, 0.4) is 0 Å². The molecule has 0 bridgehead atoms. The SMILES string of the molecule is C#CCN1CCC(OCCOc2ncc(-c3cc(NC(=O)c4cccc(C(F)(F)F)c4)cnc3C)cc2N2CCOCC2)CC1. The summed E-state index contributed by atoms with van der Waals surface area (Å²) in [4.78, 5) is 26.3. The Balaban J connectivity index is 1.29. The maximum absolute atomic E-state index is 13.2. The molecule has 0 atom stereocenters. The molecule has 3 aromatic rings. The zero-order valence-corrected chi connectivity index (χ0v) is 25.1. The summed E-state index contributed by atoms with van der Waals surface area (Å²) in [6, 6.07) is 7.99. The van der Waals surface area contributed by atoms with Crippen LogP contribution in [0.5, 0.6) is 5.88 Å². The van der Waals surface area contributed by atoms with Gasteiger partial charge >= 0.3 is 6.18 Å². The average Bonchev–Trinajstić information content (AvgIpc) is 3.05. The van der Waals surface area contributed by atoms with Crippen molar-refractivity contribution < 1.29 is 32.2 Å². The lowest BCUT2D eigenvalue weighted by Crippen LogP contribution is -2.37. The average molecular weight is 624 g/mol. The largest absolute Gasteiger partial charge is 0.474 e. The molecule has 12 heteroatoms. The topological polar surface area (TPSA) is 89.1 Å². The molecule has 0 unspecified atom stereocenters. The Kier molecular flexibility index (Phi) is 10.5. The van der Waals surface area contributed by atoms with Crippen LogP contribution < -0.4 is 15.0 Å². The monoisotopic (exact) mass is 623 g/mol. The number of nitrogens with one attached hydrogen (secondary N) is 1. The van der Waals surface area contributed by atoms with E-state index >= 15 is 0 Å². The van der Waals surface area contributed by atoms with Crippen LogP contribution in [0.15, 0.2) is 48.8 Å². The van der Waals surface area contributed by atoms with Crippen molar-refractivity contribution in [3.05, 3.63) is 65.6 Å². The van der Waals surface area contributed by atoms with E-state index in [4.69, 9.17) is 20.6 Å². The van der Waals surface area contributed by atoms with Crippen molar-refractivity contribution in [2.24, 2.45) is 0 Å². The number of morpholine rings is 1. The highest BCUT2D eigenvalue weighted by molar-refractivity contribution is 6.04. The summed E-state index contributed by atoms with van der Waals surface area (Å²) in [5.41, 5.74) is 2.30. The van der Waals surface area contributed by atoms with Gasteiger partial charge in [0, 0.05) is 54.8 Å². The van der Waals surface area contributed by atoms with Gasteiger partial charge in [0.25, 0.3) is 5.91 Å². The molecule has 1 N–H and O–H groups in total. The van der Waals surface area contributed by atoms with Crippen LogP contribution in [-0.4, -0.2) is 86.0 Å². The van der Waals surface area contributed by atoms with E-state index in [9.17, 15) is 18.0 Å². The number of nitrogens with zero attached hydrogens (tertiary/aromatic N) is 4. The molecule has 2 aliphatic rings.